The molecule has 3 nitrogen and oxygen atoms in total. The van der Waals surface area contributed by atoms with E-state index in [-0.39, 0.29) is 23.5 Å². The van der Waals surface area contributed by atoms with Crippen molar-refractivity contribution in [3.8, 4) is 5.75 Å². The molecule has 0 spiro atoms. The van der Waals surface area contributed by atoms with Gasteiger partial charge in [0, 0.05) is 5.69 Å². The topological polar surface area (TPSA) is 38.3 Å². The third kappa shape index (κ3) is 4.55. The molecule has 0 radical (unpaired) electrons. The summed E-state index contributed by atoms with van der Waals surface area (Å²) in [6.07, 6.45) is 0.113. The number of carbonyl (C=O) groups excluding carboxylic acids is 1. The molecule has 0 aliphatic carbocycles. The van der Waals surface area contributed by atoms with Gasteiger partial charge in [-0.2, -0.15) is 0 Å². The van der Waals surface area contributed by atoms with Gasteiger partial charge in [-0.1, -0.05) is 39.0 Å². The predicted octanol–water partition coefficient (Wildman–Crippen LogP) is 4.31. The number of ether oxygens (including phenoxy) is 1. The summed E-state index contributed by atoms with van der Waals surface area (Å²) < 4.78 is 18.5. The molecule has 0 saturated heterocycles. The van der Waals surface area contributed by atoms with Crippen molar-refractivity contribution in [1.29, 1.82) is 0 Å². The van der Waals surface area contributed by atoms with Crippen LogP contribution in [0.5, 0.6) is 5.75 Å². The number of carbonyl (C=O) groups is 1. The second-order valence-electron chi connectivity index (χ2n) is 6.52. The Morgan fingerprint density at radius 1 is 1.13 bits per heavy atom. The highest BCUT2D eigenvalue weighted by Crippen LogP contribution is 2.23. The normalized spacial score (nSPS) is 11.2. The van der Waals surface area contributed by atoms with Crippen LogP contribution in [-0.2, 0) is 16.6 Å². The van der Waals surface area contributed by atoms with E-state index in [2.05, 4.69) is 26.1 Å². The van der Waals surface area contributed by atoms with Crippen molar-refractivity contribution in [3.63, 3.8) is 0 Å². The first-order valence-corrected chi connectivity index (χ1v) is 7.52. The Hall–Kier alpha value is -2.36. The molecule has 0 heterocycles. The van der Waals surface area contributed by atoms with E-state index in [0.29, 0.717) is 5.56 Å². The standard InChI is InChI=1S/C19H22FNO2/c1-19(2,3)14-6-8-15(9-7-14)21-18(22)12-13-5-10-17(23-4)16(20)11-13/h5-11H,12H2,1-4H3,(H,21,22). The van der Waals surface area contributed by atoms with Crippen LogP contribution in [0.1, 0.15) is 31.9 Å². The number of hydrogen-bond acceptors (Lipinski definition) is 2. The first-order chi connectivity index (χ1) is 10.8. The van der Waals surface area contributed by atoms with Crippen LogP contribution in [-0.4, -0.2) is 13.0 Å². The van der Waals surface area contributed by atoms with E-state index in [1.807, 2.05) is 24.3 Å². The van der Waals surface area contributed by atoms with Crippen molar-refractivity contribution in [3.05, 3.63) is 59.4 Å². The van der Waals surface area contributed by atoms with E-state index in [0.717, 1.165) is 5.69 Å². The summed E-state index contributed by atoms with van der Waals surface area (Å²) in [7, 11) is 1.41. The second kappa shape index (κ2) is 6.82. The number of rotatable bonds is 4. The van der Waals surface area contributed by atoms with E-state index in [9.17, 15) is 9.18 Å². The van der Waals surface area contributed by atoms with Gasteiger partial charge in [-0.15, -0.1) is 0 Å². The molecule has 0 aromatic heterocycles. The van der Waals surface area contributed by atoms with E-state index >= 15 is 0 Å². The van der Waals surface area contributed by atoms with Gasteiger partial charge in [-0.05, 0) is 40.8 Å². The molecule has 1 N–H and O–H groups in total. The summed E-state index contributed by atoms with van der Waals surface area (Å²) in [6, 6.07) is 12.3. The number of amides is 1. The predicted molar refractivity (Wildman–Crippen MR) is 90.4 cm³/mol. The fourth-order valence-corrected chi connectivity index (χ4v) is 2.26. The van der Waals surface area contributed by atoms with Crippen LogP contribution in [0.3, 0.4) is 0 Å². The van der Waals surface area contributed by atoms with Crippen LogP contribution >= 0.6 is 0 Å². The minimum Gasteiger partial charge on any atom is -0.494 e. The Morgan fingerprint density at radius 3 is 2.30 bits per heavy atom. The van der Waals surface area contributed by atoms with Gasteiger partial charge >= 0.3 is 0 Å². The van der Waals surface area contributed by atoms with Gasteiger partial charge in [0.25, 0.3) is 0 Å². The third-order valence-corrected chi connectivity index (χ3v) is 3.62. The molecule has 0 unspecified atom stereocenters. The summed E-state index contributed by atoms with van der Waals surface area (Å²) in [4.78, 5) is 12.1. The molecule has 0 aliphatic rings. The van der Waals surface area contributed by atoms with Crippen molar-refractivity contribution in [1.82, 2.24) is 0 Å². The maximum atomic E-state index is 13.6. The number of methoxy groups -OCH3 is 1. The van der Waals surface area contributed by atoms with Crippen molar-refractivity contribution < 1.29 is 13.9 Å². The average Bonchev–Trinajstić information content (AvgIpc) is 2.47. The Kier molecular flexibility index (Phi) is 5.04. The summed E-state index contributed by atoms with van der Waals surface area (Å²) in [5, 5.41) is 2.82. The summed E-state index contributed by atoms with van der Waals surface area (Å²) in [5.41, 5.74) is 2.61. The zero-order chi connectivity index (χ0) is 17.0. The van der Waals surface area contributed by atoms with Gasteiger partial charge in [0.1, 0.15) is 0 Å². The quantitative estimate of drug-likeness (QED) is 0.913. The molecule has 0 fully saturated rings. The first kappa shape index (κ1) is 17.0. The summed E-state index contributed by atoms with van der Waals surface area (Å²) in [5.74, 6) is -0.475. The SMILES string of the molecule is COc1ccc(CC(=O)Nc2ccc(C(C)(C)C)cc2)cc1F. The van der Waals surface area contributed by atoms with E-state index in [4.69, 9.17) is 4.74 Å². The number of benzene rings is 2. The molecule has 2 aromatic carbocycles. The molecule has 1 amide bonds. The number of nitrogens with one attached hydrogen (secondary N) is 1. The highest BCUT2D eigenvalue weighted by atomic mass is 19.1. The van der Waals surface area contributed by atoms with Gasteiger partial charge in [-0.25, -0.2) is 4.39 Å². The Bertz CT molecular complexity index is 688. The molecule has 0 atom stereocenters. The average molecular weight is 315 g/mol. The van der Waals surface area contributed by atoms with Gasteiger partial charge < -0.3 is 10.1 Å². The largest absolute Gasteiger partial charge is 0.494 e. The van der Waals surface area contributed by atoms with Gasteiger partial charge in [0.15, 0.2) is 11.6 Å². The van der Waals surface area contributed by atoms with Crippen molar-refractivity contribution >= 4 is 11.6 Å². The molecule has 0 bridgehead atoms. The zero-order valence-electron chi connectivity index (χ0n) is 13.9. The lowest BCUT2D eigenvalue weighted by atomic mass is 9.87. The van der Waals surface area contributed by atoms with E-state index < -0.39 is 5.82 Å². The minimum atomic E-state index is -0.465. The lowest BCUT2D eigenvalue weighted by Crippen LogP contribution is -2.15. The molecule has 2 aromatic rings. The smallest absolute Gasteiger partial charge is 0.228 e. The molecular formula is C19H22FNO2. The molecule has 122 valence electrons. The molecule has 4 heteroatoms. The lowest BCUT2D eigenvalue weighted by molar-refractivity contribution is -0.115. The van der Waals surface area contributed by atoms with Crippen molar-refractivity contribution in [2.45, 2.75) is 32.6 Å². The number of halogens is 1. The Balaban J connectivity index is 2.01. The summed E-state index contributed by atoms with van der Waals surface area (Å²) in [6.45, 7) is 6.41. The lowest BCUT2D eigenvalue weighted by Gasteiger charge is -2.19. The number of anilines is 1. The Morgan fingerprint density at radius 2 is 1.78 bits per heavy atom. The molecule has 23 heavy (non-hydrogen) atoms. The highest BCUT2D eigenvalue weighted by molar-refractivity contribution is 5.92. The number of hydrogen-bond donors (Lipinski definition) is 1. The highest BCUT2D eigenvalue weighted by Gasteiger charge is 2.13. The van der Waals surface area contributed by atoms with E-state index in [1.165, 1.54) is 24.8 Å². The summed E-state index contributed by atoms with van der Waals surface area (Å²) >= 11 is 0. The molecular weight excluding hydrogens is 293 g/mol. The van der Waals surface area contributed by atoms with Gasteiger partial charge in [0.05, 0.1) is 13.5 Å². The Labute approximate surface area is 136 Å². The molecule has 2 rings (SSSR count). The first-order valence-electron chi connectivity index (χ1n) is 7.52. The van der Waals surface area contributed by atoms with Gasteiger partial charge in [-0.3, -0.25) is 4.79 Å². The maximum absolute atomic E-state index is 13.6. The molecule has 0 saturated carbocycles. The monoisotopic (exact) mass is 315 g/mol. The minimum absolute atomic E-state index is 0.0726. The van der Waals surface area contributed by atoms with Crippen LogP contribution < -0.4 is 10.1 Å². The fourth-order valence-electron chi connectivity index (χ4n) is 2.26. The molecule has 0 aliphatic heterocycles. The van der Waals surface area contributed by atoms with Gasteiger partial charge in [0.2, 0.25) is 5.91 Å². The van der Waals surface area contributed by atoms with E-state index in [1.54, 1.807) is 6.07 Å². The zero-order valence-corrected chi connectivity index (χ0v) is 13.9. The van der Waals surface area contributed by atoms with Crippen LogP contribution in [0.4, 0.5) is 10.1 Å². The van der Waals surface area contributed by atoms with Crippen molar-refractivity contribution in [2.24, 2.45) is 0 Å². The second-order valence-corrected chi connectivity index (χ2v) is 6.52. The van der Waals surface area contributed by atoms with Crippen LogP contribution in [0.2, 0.25) is 0 Å². The van der Waals surface area contributed by atoms with Crippen molar-refractivity contribution in [2.75, 3.05) is 12.4 Å². The van der Waals surface area contributed by atoms with Crippen LogP contribution in [0.25, 0.3) is 0 Å². The third-order valence-electron chi connectivity index (χ3n) is 3.62. The fraction of sp³-hybridized carbons (Fsp3) is 0.316. The maximum Gasteiger partial charge on any atom is 0.228 e. The van der Waals surface area contributed by atoms with Crippen LogP contribution in [0, 0.1) is 5.82 Å². The van der Waals surface area contributed by atoms with Crippen LogP contribution in [0.15, 0.2) is 42.5 Å².